The number of benzene rings is 2. The minimum atomic E-state index is -2.61. The zero-order valence-electron chi connectivity index (χ0n) is 21.6. The number of hydrogen-bond donors (Lipinski definition) is 1. The third-order valence-corrected chi connectivity index (χ3v) is 10.4. The van der Waals surface area contributed by atoms with Crippen LogP contribution in [0.25, 0.3) is 0 Å². The Kier molecular flexibility index (Phi) is 5.87. The largest absolute Gasteiger partial charge is 0.491 e. The van der Waals surface area contributed by atoms with E-state index in [0.29, 0.717) is 28.7 Å². The summed E-state index contributed by atoms with van der Waals surface area (Å²) in [6, 6.07) is 9.93. The van der Waals surface area contributed by atoms with E-state index in [4.69, 9.17) is 4.74 Å². The summed E-state index contributed by atoms with van der Waals surface area (Å²) in [6.45, 7) is 3.12. The number of rotatable bonds is 4. The topological polar surface area (TPSA) is 44.8 Å². The molecule has 4 fully saturated rings. The lowest BCUT2D eigenvalue weighted by atomic mass is 9.55. The van der Waals surface area contributed by atoms with Gasteiger partial charge in [-0.1, -0.05) is 0 Å². The van der Waals surface area contributed by atoms with Crippen molar-refractivity contribution in [3.8, 4) is 5.75 Å². The van der Waals surface area contributed by atoms with Crippen LogP contribution in [-0.4, -0.2) is 44.6 Å². The molecule has 2 saturated heterocycles. The molecule has 1 amide bonds. The molecule has 3 heterocycles. The van der Waals surface area contributed by atoms with Gasteiger partial charge in [0.2, 0.25) is 0 Å². The van der Waals surface area contributed by atoms with E-state index in [1.165, 1.54) is 38.5 Å². The van der Waals surface area contributed by atoms with Crippen molar-refractivity contribution < 1.29 is 18.3 Å². The maximum absolute atomic E-state index is 13.8. The third-order valence-electron chi connectivity index (χ3n) is 9.68. The number of ether oxygens (including phenoxy) is 1. The van der Waals surface area contributed by atoms with E-state index >= 15 is 0 Å². The normalized spacial score (nSPS) is 24.1. The molecule has 7 rings (SSSR count). The number of halogens is 3. The van der Waals surface area contributed by atoms with Gasteiger partial charge in [0, 0.05) is 60.3 Å². The number of carbonyl (C=O) groups excluding carboxylic acids is 1. The van der Waals surface area contributed by atoms with E-state index < -0.39 is 5.92 Å². The molecule has 2 spiro atoms. The molecule has 2 aliphatic carbocycles. The Hall–Kier alpha value is -2.10. The number of hydrogen-bond acceptors (Lipinski definition) is 4. The molecule has 5 aliphatic rings. The first-order chi connectivity index (χ1) is 18.2. The molecule has 2 saturated carbocycles. The molecule has 5 nitrogen and oxygen atoms in total. The predicted octanol–water partition coefficient (Wildman–Crippen LogP) is 6.87. The minimum absolute atomic E-state index is 0.132. The Labute approximate surface area is 236 Å². The standard InChI is InChI=1S/C30H34F2IN3O2/c31-30(32)8-12-36(13-9-30)25-17-22(15-20-3-14-38-26(20)25)34-27(37)23-2-1-21(33)16-24(23)35-10-6-29(7-11-35)18-28(19-29)4-5-28/h1-2,15-17H,3-14,18-19H2,(H,34,37). The maximum atomic E-state index is 13.8. The van der Waals surface area contributed by atoms with Crippen molar-refractivity contribution in [1.29, 1.82) is 0 Å². The average molecular weight is 634 g/mol. The first-order valence-corrected chi connectivity index (χ1v) is 15.1. The van der Waals surface area contributed by atoms with Gasteiger partial charge in [-0.3, -0.25) is 4.79 Å². The van der Waals surface area contributed by atoms with Crippen LogP contribution in [0.3, 0.4) is 0 Å². The van der Waals surface area contributed by atoms with Crippen LogP contribution in [0.5, 0.6) is 5.75 Å². The zero-order valence-corrected chi connectivity index (χ0v) is 23.8. The zero-order chi connectivity index (χ0) is 26.1. The maximum Gasteiger partial charge on any atom is 0.257 e. The van der Waals surface area contributed by atoms with Crippen LogP contribution in [0.1, 0.15) is 67.3 Å². The Morgan fingerprint density at radius 2 is 1.53 bits per heavy atom. The van der Waals surface area contributed by atoms with Gasteiger partial charge in [0.25, 0.3) is 11.8 Å². The molecule has 202 valence electrons. The first-order valence-electron chi connectivity index (χ1n) is 14.0. The van der Waals surface area contributed by atoms with Crippen LogP contribution < -0.4 is 19.9 Å². The van der Waals surface area contributed by atoms with Crippen LogP contribution in [0.2, 0.25) is 0 Å². The molecule has 3 aliphatic heterocycles. The SMILES string of the molecule is O=C(Nc1cc2c(c(N3CCC(F)(F)CC3)c1)OCC2)c1ccc(I)cc1N1CCC2(CC1)CC1(CC1)C2. The van der Waals surface area contributed by atoms with Gasteiger partial charge >= 0.3 is 0 Å². The number of alkyl halides is 2. The summed E-state index contributed by atoms with van der Waals surface area (Å²) in [5.74, 6) is -1.97. The van der Waals surface area contributed by atoms with Gasteiger partial charge < -0.3 is 19.9 Å². The van der Waals surface area contributed by atoms with E-state index in [0.717, 1.165) is 45.8 Å². The molecule has 0 aromatic heterocycles. The monoisotopic (exact) mass is 633 g/mol. The summed E-state index contributed by atoms with van der Waals surface area (Å²) in [4.78, 5) is 18.0. The smallest absolute Gasteiger partial charge is 0.257 e. The lowest BCUT2D eigenvalue weighted by Gasteiger charge is -2.53. The lowest BCUT2D eigenvalue weighted by Crippen LogP contribution is -2.48. The molecule has 8 heteroatoms. The molecule has 38 heavy (non-hydrogen) atoms. The predicted molar refractivity (Wildman–Crippen MR) is 154 cm³/mol. The van der Waals surface area contributed by atoms with Crippen LogP contribution >= 0.6 is 22.6 Å². The number of nitrogens with one attached hydrogen (secondary N) is 1. The Bertz CT molecular complexity index is 1270. The van der Waals surface area contributed by atoms with E-state index in [2.05, 4.69) is 38.9 Å². The number of fused-ring (bicyclic) bond motifs is 1. The van der Waals surface area contributed by atoms with Gasteiger partial charge in [-0.25, -0.2) is 8.78 Å². The number of nitrogens with zero attached hydrogens (tertiary/aromatic N) is 2. The van der Waals surface area contributed by atoms with Gasteiger partial charge in [-0.05, 0) is 102 Å². The number of anilines is 3. The minimum Gasteiger partial charge on any atom is -0.491 e. The van der Waals surface area contributed by atoms with Crippen LogP contribution in [-0.2, 0) is 6.42 Å². The van der Waals surface area contributed by atoms with Crippen LogP contribution in [0.15, 0.2) is 30.3 Å². The second-order valence-corrected chi connectivity index (χ2v) is 13.6. The highest BCUT2D eigenvalue weighted by Gasteiger charge is 2.60. The Morgan fingerprint density at radius 3 is 2.24 bits per heavy atom. The summed E-state index contributed by atoms with van der Waals surface area (Å²) < 4.78 is 34.6. The Morgan fingerprint density at radius 1 is 0.868 bits per heavy atom. The van der Waals surface area contributed by atoms with Crippen LogP contribution in [0.4, 0.5) is 25.8 Å². The molecular formula is C30H34F2IN3O2. The summed E-state index contributed by atoms with van der Waals surface area (Å²) >= 11 is 2.32. The van der Waals surface area contributed by atoms with Crippen molar-refractivity contribution >= 4 is 45.6 Å². The van der Waals surface area contributed by atoms with Crippen molar-refractivity contribution in [3.05, 3.63) is 45.0 Å². The van der Waals surface area contributed by atoms with Crippen molar-refractivity contribution in [2.24, 2.45) is 10.8 Å². The number of amides is 1. The molecular weight excluding hydrogens is 599 g/mol. The van der Waals surface area contributed by atoms with Crippen molar-refractivity contribution in [2.45, 2.75) is 63.7 Å². The fourth-order valence-corrected chi connectivity index (χ4v) is 7.95. The van der Waals surface area contributed by atoms with Crippen molar-refractivity contribution in [3.63, 3.8) is 0 Å². The lowest BCUT2D eigenvalue weighted by molar-refractivity contribution is -0.0221. The fraction of sp³-hybridized carbons (Fsp3) is 0.567. The van der Waals surface area contributed by atoms with E-state index in [-0.39, 0.29) is 31.8 Å². The fourth-order valence-electron chi connectivity index (χ4n) is 7.47. The summed E-state index contributed by atoms with van der Waals surface area (Å²) in [7, 11) is 0. The summed E-state index contributed by atoms with van der Waals surface area (Å²) in [5, 5.41) is 3.14. The third kappa shape index (κ3) is 4.54. The molecule has 2 aromatic rings. The molecule has 1 N–H and O–H groups in total. The van der Waals surface area contributed by atoms with E-state index in [1.54, 1.807) is 0 Å². The highest BCUT2D eigenvalue weighted by atomic mass is 127. The van der Waals surface area contributed by atoms with Gasteiger partial charge in [0.15, 0.2) is 0 Å². The molecule has 0 atom stereocenters. The van der Waals surface area contributed by atoms with Crippen molar-refractivity contribution in [2.75, 3.05) is 47.9 Å². The van der Waals surface area contributed by atoms with Crippen molar-refractivity contribution in [1.82, 2.24) is 0 Å². The second-order valence-electron chi connectivity index (χ2n) is 12.4. The highest BCUT2D eigenvalue weighted by molar-refractivity contribution is 14.1. The molecule has 2 aromatic carbocycles. The second kappa shape index (κ2) is 8.96. The van der Waals surface area contributed by atoms with Gasteiger partial charge in [-0.15, -0.1) is 0 Å². The molecule has 0 radical (unpaired) electrons. The summed E-state index contributed by atoms with van der Waals surface area (Å²) in [5.41, 5.74) is 5.47. The number of carbonyl (C=O) groups is 1. The van der Waals surface area contributed by atoms with Gasteiger partial charge in [-0.2, -0.15) is 0 Å². The van der Waals surface area contributed by atoms with Gasteiger partial charge in [0.1, 0.15) is 5.75 Å². The quantitative estimate of drug-likeness (QED) is 0.374. The summed E-state index contributed by atoms with van der Waals surface area (Å²) in [6.07, 6.45) is 8.53. The molecule has 0 bridgehead atoms. The van der Waals surface area contributed by atoms with Crippen LogP contribution in [0, 0.1) is 14.4 Å². The highest BCUT2D eigenvalue weighted by Crippen LogP contribution is 2.71. The van der Waals surface area contributed by atoms with Gasteiger partial charge in [0.05, 0.1) is 23.5 Å². The number of piperidine rings is 2. The van der Waals surface area contributed by atoms with E-state index in [1.807, 2.05) is 29.2 Å². The Balaban J connectivity index is 1.11. The molecule has 0 unspecified atom stereocenters. The van der Waals surface area contributed by atoms with E-state index in [9.17, 15) is 13.6 Å². The first kappa shape index (κ1) is 24.9. The average Bonchev–Trinajstić information content (AvgIpc) is 3.49.